The number of nitrogens with two attached hydrogens (primary N) is 1. The van der Waals surface area contributed by atoms with Crippen LogP contribution in [0.25, 0.3) is 0 Å². The Balaban J connectivity index is 2.85. The molecule has 0 aliphatic carbocycles. The molecule has 2 amide bonds. The molecule has 0 saturated heterocycles. The summed E-state index contributed by atoms with van der Waals surface area (Å²) in [6.07, 6.45) is 1.00. The van der Waals surface area contributed by atoms with Crippen molar-refractivity contribution in [3.8, 4) is 0 Å². The van der Waals surface area contributed by atoms with E-state index in [9.17, 15) is 4.79 Å². The summed E-state index contributed by atoms with van der Waals surface area (Å²) in [5.41, 5.74) is 7.20. The van der Waals surface area contributed by atoms with Gasteiger partial charge in [-0.05, 0) is 24.1 Å². The molecular formula is C10H14N2O. The van der Waals surface area contributed by atoms with Gasteiger partial charge in [-0.15, -0.1) is 0 Å². The number of carbonyl (C=O) groups is 1. The van der Waals surface area contributed by atoms with Gasteiger partial charge in [-0.1, -0.05) is 19.1 Å². The summed E-state index contributed by atoms with van der Waals surface area (Å²) in [5, 5.41) is 0. The van der Waals surface area contributed by atoms with Gasteiger partial charge >= 0.3 is 6.03 Å². The van der Waals surface area contributed by atoms with E-state index in [-0.39, 0.29) is 0 Å². The summed E-state index contributed by atoms with van der Waals surface area (Å²) >= 11 is 0. The van der Waals surface area contributed by atoms with Crippen LogP contribution in [-0.2, 0) is 6.42 Å². The second-order valence-electron chi connectivity index (χ2n) is 2.92. The van der Waals surface area contributed by atoms with Crippen LogP contribution in [0.1, 0.15) is 12.5 Å². The average molecular weight is 178 g/mol. The van der Waals surface area contributed by atoms with Gasteiger partial charge in [-0.2, -0.15) is 0 Å². The number of rotatable bonds is 2. The molecule has 13 heavy (non-hydrogen) atoms. The Labute approximate surface area is 78.2 Å². The van der Waals surface area contributed by atoms with Gasteiger partial charge in [0.05, 0.1) is 0 Å². The standard InChI is InChI=1S/C10H14N2O/c1-3-8-4-6-9(7-5-8)12(2)10(11)13/h4-7H,3H2,1-2H3,(H2,11,13). The van der Waals surface area contributed by atoms with Crippen molar-refractivity contribution in [2.24, 2.45) is 5.73 Å². The van der Waals surface area contributed by atoms with Crippen molar-refractivity contribution in [2.45, 2.75) is 13.3 Å². The zero-order valence-corrected chi connectivity index (χ0v) is 7.95. The smallest absolute Gasteiger partial charge is 0.318 e. The van der Waals surface area contributed by atoms with Gasteiger partial charge in [0.2, 0.25) is 0 Å². The number of hydrogen-bond acceptors (Lipinski definition) is 1. The number of primary amides is 1. The minimum absolute atomic E-state index is 0.441. The number of benzene rings is 1. The Morgan fingerprint density at radius 3 is 2.31 bits per heavy atom. The van der Waals surface area contributed by atoms with E-state index >= 15 is 0 Å². The predicted octanol–water partition coefficient (Wildman–Crippen LogP) is 1.76. The second-order valence-corrected chi connectivity index (χ2v) is 2.92. The van der Waals surface area contributed by atoms with Crippen LogP contribution < -0.4 is 10.6 Å². The van der Waals surface area contributed by atoms with E-state index in [1.165, 1.54) is 10.5 Å². The minimum Gasteiger partial charge on any atom is -0.351 e. The van der Waals surface area contributed by atoms with Gasteiger partial charge in [0, 0.05) is 12.7 Å². The first-order chi connectivity index (χ1) is 6.15. The second kappa shape index (κ2) is 3.94. The van der Waals surface area contributed by atoms with Gasteiger partial charge < -0.3 is 5.73 Å². The van der Waals surface area contributed by atoms with E-state index in [1.54, 1.807) is 7.05 Å². The molecule has 0 spiro atoms. The van der Waals surface area contributed by atoms with Crippen molar-refractivity contribution in [3.05, 3.63) is 29.8 Å². The summed E-state index contributed by atoms with van der Waals surface area (Å²) in [4.78, 5) is 12.2. The molecular weight excluding hydrogens is 164 g/mol. The van der Waals surface area contributed by atoms with Gasteiger partial charge in [0.25, 0.3) is 0 Å². The molecule has 3 nitrogen and oxygen atoms in total. The topological polar surface area (TPSA) is 46.3 Å². The first-order valence-electron chi connectivity index (χ1n) is 4.27. The normalized spacial score (nSPS) is 9.69. The average Bonchev–Trinajstić information content (AvgIpc) is 2.17. The van der Waals surface area contributed by atoms with E-state index in [1.807, 2.05) is 24.3 Å². The molecule has 2 N–H and O–H groups in total. The first kappa shape index (κ1) is 9.58. The Morgan fingerprint density at radius 1 is 1.38 bits per heavy atom. The Morgan fingerprint density at radius 2 is 1.92 bits per heavy atom. The highest BCUT2D eigenvalue weighted by molar-refractivity contribution is 5.89. The fourth-order valence-corrected chi connectivity index (χ4v) is 1.08. The molecule has 70 valence electrons. The molecule has 0 aromatic heterocycles. The van der Waals surface area contributed by atoms with Crippen LogP contribution in [0.4, 0.5) is 10.5 Å². The van der Waals surface area contributed by atoms with Crippen LogP contribution in [0, 0.1) is 0 Å². The van der Waals surface area contributed by atoms with Crippen molar-refractivity contribution in [3.63, 3.8) is 0 Å². The zero-order chi connectivity index (χ0) is 9.84. The van der Waals surface area contributed by atoms with E-state index in [2.05, 4.69) is 6.92 Å². The van der Waals surface area contributed by atoms with E-state index in [0.29, 0.717) is 0 Å². The van der Waals surface area contributed by atoms with Crippen molar-refractivity contribution in [1.82, 2.24) is 0 Å². The lowest BCUT2D eigenvalue weighted by atomic mass is 10.1. The van der Waals surface area contributed by atoms with Crippen LogP contribution >= 0.6 is 0 Å². The summed E-state index contributed by atoms with van der Waals surface area (Å²) in [7, 11) is 1.66. The molecule has 0 unspecified atom stereocenters. The van der Waals surface area contributed by atoms with Crippen LogP contribution in [0.2, 0.25) is 0 Å². The highest BCUT2D eigenvalue weighted by Gasteiger charge is 2.04. The van der Waals surface area contributed by atoms with Crippen LogP contribution in [0.15, 0.2) is 24.3 Å². The number of carbonyl (C=O) groups excluding carboxylic acids is 1. The maximum absolute atomic E-state index is 10.8. The van der Waals surface area contributed by atoms with Crippen LogP contribution in [0.3, 0.4) is 0 Å². The zero-order valence-electron chi connectivity index (χ0n) is 7.95. The summed E-state index contributed by atoms with van der Waals surface area (Å²) in [6.45, 7) is 2.09. The third-order valence-corrected chi connectivity index (χ3v) is 2.06. The van der Waals surface area contributed by atoms with Gasteiger partial charge in [-0.25, -0.2) is 4.79 Å². The SMILES string of the molecule is CCc1ccc(N(C)C(N)=O)cc1. The summed E-state index contributed by atoms with van der Waals surface area (Å²) in [6, 6.07) is 7.33. The number of nitrogens with zero attached hydrogens (tertiary/aromatic N) is 1. The predicted molar refractivity (Wildman–Crippen MR) is 53.8 cm³/mol. The highest BCUT2D eigenvalue weighted by atomic mass is 16.2. The van der Waals surface area contributed by atoms with Gasteiger partial charge in [0.1, 0.15) is 0 Å². The van der Waals surface area contributed by atoms with E-state index in [4.69, 9.17) is 5.73 Å². The summed E-state index contributed by atoms with van der Waals surface area (Å²) in [5.74, 6) is 0. The largest absolute Gasteiger partial charge is 0.351 e. The third-order valence-electron chi connectivity index (χ3n) is 2.06. The molecule has 0 fully saturated rings. The fraction of sp³-hybridized carbons (Fsp3) is 0.300. The lowest BCUT2D eigenvalue weighted by Crippen LogP contribution is -2.31. The molecule has 0 radical (unpaired) electrons. The van der Waals surface area contributed by atoms with Crippen molar-refractivity contribution < 1.29 is 4.79 Å². The quantitative estimate of drug-likeness (QED) is 0.737. The molecule has 0 aliphatic rings. The van der Waals surface area contributed by atoms with Gasteiger partial charge in [0.15, 0.2) is 0 Å². The molecule has 0 heterocycles. The maximum Gasteiger partial charge on any atom is 0.318 e. The van der Waals surface area contributed by atoms with E-state index in [0.717, 1.165) is 12.1 Å². The van der Waals surface area contributed by atoms with Crippen molar-refractivity contribution in [2.75, 3.05) is 11.9 Å². The number of urea groups is 1. The molecule has 1 aromatic carbocycles. The Kier molecular flexibility index (Phi) is 2.90. The molecule has 3 heteroatoms. The van der Waals surface area contributed by atoms with Crippen LogP contribution in [0.5, 0.6) is 0 Å². The van der Waals surface area contributed by atoms with Crippen molar-refractivity contribution in [1.29, 1.82) is 0 Å². The van der Waals surface area contributed by atoms with Crippen LogP contribution in [-0.4, -0.2) is 13.1 Å². The molecule has 0 aliphatic heterocycles. The molecule has 1 aromatic rings. The maximum atomic E-state index is 10.8. The monoisotopic (exact) mass is 178 g/mol. The Bertz CT molecular complexity index is 292. The first-order valence-corrected chi connectivity index (χ1v) is 4.27. The molecule has 0 bridgehead atoms. The number of anilines is 1. The highest BCUT2D eigenvalue weighted by Crippen LogP contribution is 2.13. The fourth-order valence-electron chi connectivity index (χ4n) is 1.08. The number of aryl methyl sites for hydroxylation is 1. The number of hydrogen-bond donors (Lipinski definition) is 1. The molecule has 0 saturated carbocycles. The lowest BCUT2D eigenvalue weighted by Gasteiger charge is -2.14. The minimum atomic E-state index is -0.441. The third kappa shape index (κ3) is 2.21. The van der Waals surface area contributed by atoms with Gasteiger partial charge in [-0.3, -0.25) is 4.90 Å². The number of amides is 2. The molecule has 0 atom stereocenters. The van der Waals surface area contributed by atoms with E-state index < -0.39 is 6.03 Å². The summed E-state index contributed by atoms with van der Waals surface area (Å²) < 4.78 is 0. The molecule has 1 rings (SSSR count). The van der Waals surface area contributed by atoms with Crippen molar-refractivity contribution >= 4 is 11.7 Å². The lowest BCUT2D eigenvalue weighted by molar-refractivity contribution is 0.255. The Hall–Kier alpha value is -1.51.